The summed E-state index contributed by atoms with van der Waals surface area (Å²) in [7, 11) is 3.16. The van der Waals surface area contributed by atoms with Crippen LogP contribution in [0.2, 0.25) is 0 Å². The molecule has 1 amide bonds. The molecule has 0 saturated carbocycles. The van der Waals surface area contributed by atoms with Crippen LogP contribution in [0.15, 0.2) is 42.5 Å². The molecular formula is C20H22N2O3. The molecular weight excluding hydrogens is 316 g/mol. The Morgan fingerprint density at radius 3 is 2.56 bits per heavy atom. The smallest absolute Gasteiger partial charge is 0.272 e. The number of methoxy groups -OCH3 is 2. The minimum Gasteiger partial charge on any atom is -0.497 e. The first-order valence-electron chi connectivity index (χ1n) is 8.21. The number of carbonyl (C=O) groups excluding carboxylic acids is 1. The highest BCUT2D eigenvalue weighted by atomic mass is 16.5. The molecule has 0 radical (unpaired) electrons. The molecule has 5 nitrogen and oxygen atoms in total. The van der Waals surface area contributed by atoms with E-state index in [1.165, 1.54) is 0 Å². The van der Waals surface area contributed by atoms with Crippen molar-refractivity contribution in [3.05, 3.63) is 53.7 Å². The van der Waals surface area contributed by atoms with E-state index in [-0.39, 0.29) is 5.91 Å². The number of fused-ring (bicyclic) bond motifs is 1. The molecule has 1 aromatic heterocycles. The Hall–Kier alpha value is -2.95. The zero-order chi connectivity index (χ0) is 18.0. The molecule has 0 atom stereocenters. The van der Waals surface area contributed by atoms with E-state index in [1.807, 2.05) is 42.7 Å². The molecule has 0 fully saturated rings. The van der Waals surface area contributed by atoms with Crippen LogP contribution in [0.4, 0.5) is 5.69 Å². The van der Waals surface area contributed by atoms with Gasteiger partial charge < -0.3 is 19.4 Å². The van der Waals surface area contributed by atoms with E-state index in [0.717, 1.165) is 23.0 Å². The van der Waals surface area contributed by atoms with Crippen LogP contribution in [0.25, 0.3) is 10.9 Å². The lowest BCUT2D eigenvalue weighted by molar-refractivity contribution is 0.101. The van der Waals surface area contributed by atoms with E-state index >= 15 is 0 Å². The van der Waals surface area contributed by atoms with Gasteiger partial charge in [0, 0.05) is 23.5 Å². The van der Waals surface area contributed by atoms with E-state index in [2.05, 4.69) is 5.32 Å². The number of amides is 1. The van der Waals surface area contributed by atoms with Crippen molar-refractivity contribution in [1.82, 2.24) is 4.57 Å². The van der Waals surface area contributed by atoms with Crippen LogP contribution in [0.1, 0.15) is 23.0 Å². The lowest BCUT2D eigenvalue weighted by Crippen LogP contribution is -2.18. The Bertz CT molecular complexity index is 928. The number of para-hydroxylation sites is 1. The van der Waals surface area contributed by atoms with Gasteiger partial charge >= 0.3 is 0 Å². The number of aryl methyl sites for hydroxylation is 2. The Morgan fingerprint density at radius 2 is 1.88 bits per heavy atom. The molecule has 0 aliphatic heterocycles. The zero-order valence-electron chi connectivity index (χ0n) is 14.9. The fourth-order valence-corrected chi connectivity index (χ4v) is 3.18. The molecule has 1 heterocycles. The maximum Gasteiger partial charge on any atom is 0.272 e. The first-order valence-corrected chi connectivity index (χ1v) is 8.21. The first-order chi connectivity index (χ1) is 12.1. The second kappa shape index (κ2) is 6.89. The number of nitrogens with one attached hydrogen (secondary N) is 1. The number of ether oxygens (including phenoxy) is 2. The predicted molar refractivity (Wildman–Crippen MR) is 99.8 cm³/mol. The Morgan fingerprint density at radius 1 is 1.12 bits per heavy atom. The van der Waals surface area contributed by atoms with Crippen molar-refractivity contribution >= 4 is 22.5 Å². The molecule has 3 rings (SSSR count). The molecule has 0 aliphatic rings. The average molecular weight is 338 g/mol. The number of hydrogen-bond acceptors (Lipinski definition) is 3. The summed E-state index contributed by atoms with van der Waals surface area (Å²) in [5.41, 5.74) is 3.32. The van der Waals surface area contributed by atoms with E-state index in [9.17, 15) is 4.79 Å². The van der Waals surface area contributed by atoms with Gasteiger partial charge in [-0.05, 0) is 37.6 Å². The summed E-state index contributed by atoms with van der Waals surface area (Å²) in [6, 6.07) is 13.4. The first kappa shape index (κ1) is 16.9. The highest BCUT2D eigenvalue weighted by Gasteiger charge is 2.20. The van der Waals surface area contributed by atoms with Crippen LogP contribution >= 0.6 is 0 Å². The molecule has 0 saturated heterocycles. The molecule has 0 spiro atoms. The third-order valence-electron chi connectivity index (χ3n) is 4.41. The quantitative estimate of drug-likeness (QED) is 0.757. The summed E-state index contributed by atoms with van der Waals surface area (Å²) in [5.74, 6) is 1.08. The minimum atomic E-state index is -0.154. The Labute approximate surface area is 147 Å². The maximum atomic E-state index is 13.0. The number of carbonyl (C=O) groups is 1. The summed E-state index contributed by atoms with van der Waals surface area (Å²) in [4.78, 5) is 13.0. The molecule has 5 heteroatoms. The number of aromatic nitrogens is 1. The number of rotatable bonds is 5. The molecule has 3 aromatic rings. The van der Waals surface area contributed by atoms with Gasteiger partial charge in [-0.1, -0.05) is 18.2 Å². The van der Waals surface area contributed by atoms with E-state index in [4.69, 9.17) is 9.47 Å². The number of anilines is 1. The van der Waals surface area contributed by atoms with Crippen molar-refractivity contribution in [3.8, 4) is 11.5 Å². The molecule has 0 bridgehead atoms. The lowest BCUT2D eigenvalue weighted by atomic mass is 10.1. The van der Waals surface area contributed by atoms with Crippen LogP contribution < -0.4 is 14.8 Å². The van der Waals surface area contributed by atoms with Gasteiger partial charge in [0.2, 0.25) is 0 Å². The standard InChI is InChI=1S/C20H22N2O3/c1-5-22-17-9-7-6-8-15(17)13(2)19(22)20(23)21-16-11-10-14(24-3)12-18(16)25-4/h6-12H,5H2,1-4H3,(H,21,23). The van der Waals surface area contributed by atoms with Crippen molar-refractivity contribution in [2.24, 2.45) is 0 Å². The second-order valence-electron chi connectivity index (χ2n) is 5.76. The topological polar surface area (TPSA) is 52.5 Å². The summed E-state index contributed by atoms with van der Waals surface area (Å²) < 4.78 is 12.6. The monoisotopic (exact) mass is 338 g/mol. The molecule has 0 aliphatic carbocycles. The third kappa shape index (κ3) is 2.93. The fourth-order valence-electron chi connectivity index (χ4n) is 3.18. The summed E-state index contributed by atoms with van der Waals surface area (Å²) >= 11 is 0. The highest BCUT2D eigenvalue weighted by Crippen LogP contribution is 2.31. The SMILES string of the molecule is CCn1c(C(=O)Nc2ccc(OC)cc2OC)c(C)c2ccccc21. The summed E-state index contributed by atoms with van der Waals surface area (Å²) in [6.07, 6.45) is 0. The maximum absolute atomic E-state index is 13.0. The van der Waals surface area contributed by atoms with Crippen molar-refractivity contribution < 1.29 is 14.3 Å². The molecule has 130 valence electrons. The van der Waals surface area contributed by atoms with Gasteiger partial charge in [-0.3, -0.25) is 4.79 Å². The van der Waals surface area contributed by atoms with Crippen molar-refractivity contribution in [1.29, 1.82) is 0 Å². The lowest BCUT2D eigenvalue weighted by Gasteiger charge is -2.13. The number of benzene rings is 2. The largest absolute Gasteiger partial charge is 0.497 e. The minimum absolute atomic E-state index is 0.154. The van der Waals surface area contributed by atoms with Gasteiger partial charge in [0.25, 0.3) is 5.91 Å². The van der Waals surface area contributed by atoms with Gasteiger partial charge in [-0.2, -0.15) is 0 Å². The van der Waals surface area contributed by atoms with Crippen molar-refractivity contribution in [3.63, 3.8) is 0 Å². The summed E-state index contributed by atoms with van der Waals surface area (Å²) in [5, 5.41) is 4.06. The Balaban J connectivity index is 2.02. The number of nitrogens with zero attached hydrogens (tertiary/aromatic N) is 1. The van der Waals surface area contributed by atoms with Gasteiger partial charge in [-0.15, -0.1) is 0 Å². The van der Waals surface area contributed by atoms with Crippen LogP contribution in [0, 0.1) is 6.92 Å². The van der Waals surface area contributed by atoms with Gasteiger partial charge in [0.1, 0.15) is 17.2 Å². The van der Waals surface area contributed by atoms with Gasteiger partial charge in [0.15, 0.2) is 0 Å². The molecule has 0 unspecified atom stereocenters. The van der Waals surface area contributed by atoms with Crippen LogP contribution in [-0.4, -0.2) is 24.7 Å². The fraction of sp³-hybridized carbons (Fsp3) is 0.250. The van der Waals surface area contributed by atoms with E-state index < -0.39 is 0 Å². The molecule has 2 aromatic carbocycles. The van der Waals surface area contributed by atoms with Crippen LogP contribution in [0.5, 0.6) is 11.5 Å². The normalized spacial score (nSPS) is 10.7. The average Bonchev–Trinajstić information content (AvgIpc) is 2.94. The third-order valence-corrected chi connectivity index (χ3v) is 4.41. The van der Waals surface area contributed by atoms with E-state index in [1.54, 1.807) is 32.4 Å². The highest BCUT2D eigenvalue weighted by molar-refractivity contribution is 6.09. The predicted octanol–water partition coefficient (Wildman–Crippen LogP) is 4.24. The molecule has 25 heavy (non-hydrogen) atoms. The summed E-state index contributed by atoms with van der Waals surface area (Å²) in [6.45, 7) is 4.74. The van der Waals surface area contributed by atoms with Crippen molar-refractivity contribution in [2.75, 3.05) is 19.5 Å². The van der Waals surface area contributed by atoms with Gasteiger partial charge in [0.05, 0.1) is 19.9 Å². The number of hydrogen-bond donors (Lipinski definition) is 1. The zero-order valence-corrected chi connectivity index (χ0v) is 14.9. The van der Waals surface area contributed by atoms with Gasteiger partial charge in [-0.25, -0.2) is 0 Å². The second-order valence-corrected chi connectivity index (χ2v) is 5.76. The molecule has 1 N–H and O–H groups in total. The van der Waals surface area contributed by atoms with E-state index in [0.29, 0.717) is 22.9 Å². The van der Waals surface area contributed by atoms with Crippen LogP contribution in [-0.2, 0) is 6.54 Å². The van der Waals surface area contributed by atoms with Crippen molar-refractivity contribution in [2.45, 2.75) is 20.4 Å². The van der Waals surface area contributed by atoms with Crippen LogP contribution in [0.3, 0.4) is 0 Å². The Kier molecular flexibility index (Phi) is 4.65.